The number of carbonyl (C=O) groups is 3. The minimum Gasteiger partial charge on any atom is -0.490 e. The third-order valence-electron chi connectivity index (χ3n) is 7.83. The number of hydrogen-bond acceptors (Lipinski definition) is 7. The lowest BCUT2D eigenvalue weighted by molar-refractivity contribution is -0.146. The molecule has 212 valence electrons. The van der Waals surface area contributed by atoms with E-state index in [1.807, 2.05) is 13.8 Å². The number of allylic oxidation sites excluding steroid dienone is 4. The van der Waals surface area contributed by atoms with Crippen LogP contribution >= 0.6 is 15.9 Å². The van der Waals surface area contributed by atoms with Gasteiger partial charge in [0.2, 0.25) is 5.91 Å². The summed E-state index contributed by atoms with van der Waals surface area (Å²) in [5.74, 6) is -1.44. The molecule has 3 aliphatic rings. The molecule has 0 radical (unpaired) electrons. The average Bonchev–Trinajstić information content (AvgIpc) is 3.69. The molecule has 4 rings (SSSR count). The Morgan fingerprint density at radius 3 is 2.62 bits per heavy atom. The second kappa shape index (κ2) is 11.9. The lowest BCUT2D eigenvalue weighted by atomic mass is 9.72. The van der Waals surface area contributed by atoms with Crippen molar-refractivity contribution < 1.29 is 29.0 Å². The average molecular weight is 613 g/mol. The van der Waals surface area contributed by atoms with Gasteiger partial charge in [0.15, 0.2) is 17.3 Å². The number of benzene rings is 1. The van der Waals surface area contributed by atoms with Crippen molar-refractivity contribution in [3.63, 3.8) is 0 Å². The lowest BCUT2D eigenvalue weighted by Gasteiger charge is -2.36. The van der Waals surface area contributed by atoms with E-state index < -0.39 is 29.3 Å². The molecule has 0 spiro atoms. The van der Waals surface area contributed by atoms with Crippen LogP contribution in [0, 0.1) is 22.7 Å². The number of nitrogens with one attached hydrogen (secondary N) is 1. The minimum absolute atomic E-state index is 0.0284. The number of nitriles is 1. The Balaban J connectivity index is 1.80. The van der Waals surface area contributed by atoms with Crippen LogP contribution in [0.1, 0.15) is 70.8 Å². The number of amides is 1. The van der Waals surface area contributed by atoms with Crippen molar-refractivity contribution in [2.45, 2.75) is 71.3 Å². The van der Waals surface area contributed by atoms with Crippen molar-refractivity contribution in [3.05, 3.63) is 56.9 Å². The summed E-state index contributed by atoms with van der Waals surface area (Å²) in [6, 6.07) is 5.83. The summed E-state index contributed by atoms with van der Waals surface area (Å²) in [6.07, 6.45) is 5.41. The van der Waals surface area contributed by atoms with E-state index in [9.17, 15) is 24.8 Å². The number of ether oxygens (including phenoxy) is 2. The van der Waals surface area contributed by atoms with E-state index >= 15 is 0 Å². The molecule has 1 heterocycles. The highest BCUT2D eigenvalue weighted by Crippen LogP contribution is 2.53. The SMILES string of the molecule is CCCC1CC(=O)C2=C(C1)NC(C)=C(C#N)C2c1cc(Br)c(OC(C=CC(N)=O)C2(C(=O)O)CC2)c(OCC)c1. The van der Waals surface area contributed by atoms with Crippen LogP contribution in [0.3, 0.4) is 0 Å². The van der Waals surface area contributed by atoms with Gasteiger partial charge in [-0.05, 0) is 85.2 Å². The molecule has 0 saturated heterocycles. The van der Waals surface area contributed by atoms with E-state index in [2.05, 4.69) is 34.2 Å². The van der Waals surface area contributed by atoms with Crippen LogP contribution < -0.4 is 20.5 Å². The molecule has 0 aromatic heterocycles. The van der Waals surface area contributed by atoms with Crippen molar-refractivity contribution >= 4 is 33.6 Å². The molecule has 3 unspecified atom stereocenters. The molecule has 1 amide bonds. The zero-order valence-corrected chi connectivity index (χ0v) is 24.5. The van der Waals surface area contributed by atoms with Gasteiger partial charge in [0, 0.05) is 29.5 Å². The zero-order chi connectivity index (χ0) is 29.2. The first-order valence-electron chi connectivity index (χ1n) is 13.5. The van der Waals surface area contributed by atoms with Crippen LogP contribution in [0.15, 0.2) is 51.3 Å². The molecule has 9 nitrogen and oxygen atoms in total. The predicted molar refractivity (Wildman–Crippen MR) is 151 cm³/mol. The van der Waals surface area contributed by atoms with Crippen LogP contribution in [0.2, 0.25) is 0 Å². The first-order valence-corrected chi connectivity index (χ1v) is 14.3. The molecule has 2 aliphatic carbocycles. The molecular formula is C30H34BrN3O6. The Kier molecular flexibility index (Phi) is 8.74. The number of carboxylic acid groups (broad SMARTS) is 1. The Labute approximate surface area is 242 Å². The number of halogens is 1. The van der Waals surface area contributed by atoms with Crippen LogP contribution in [-0.2, 0) is 14.4 Å². The molecule has 1 aromatic carbocycles. The summed E-state index contributed by atoms with van der Waals surface area (Å²) in [7, 11) is 0. The topological polar surface area (TPSA) is 152 Å². The van der Waals surface area contributed by atoms with E-state index in [0.717, 1.165) is 31.0 Å². The fraction of sp³-hybridized carbons (Fsp3) is 0.467. The Hall–Kier alpha value is -3.58. The summed E-state index contributed by atoms with van der Waals surface area (Å²) in [6.45, 7) is 6.05. The fourth-order valence-electron chi connectivity index (χ4n) is 5.75. The minimum atomic E-state index is -1.18. The number of aliphatic carboxylic acids is 1. The number of carbonyl (C=O) groups excluding carboxylic acids is 2. The second-order valence-electron chi connectivity index (χ2n) is 10.6. The zero-order valence-electron chi connectivity index (χ0n) is 22.9. The summed E-state index contributed by atoms with van der Waals surface area (Å²) >= 11 is 3.57. The third-order valence-corrected chi connectivity index (χ3v) is 8.42. The number of primary amides is 1. The maximum absolute atomic E-state index is 13.5. The Bertz CT molecular complexity index is 1370. The highest BCUT2D eigenvalue weighted by atomic mass is 79.9. The molecule has 1 fully saturated rings. The predicted octanol–water partition coefficient (Wildman–Crippen LogP) is 5.02. The third kappa shape index (κ3) is 5.66. The van der Waals surface area contributed by atoms with Crippen LogP contribution in [0.4, 0.5) is 0 Å². The fourth-order valence-corrected chi connectivity index (χ4v) is 6.30. The van der Waals surface area contributed by atoms with Gasteiger partial charge < -0.3 is 25.6 Å². The smallest absolute Gasteiger partial charge is 0.313 e. The van der Waals surface area contributed by atoms with Crippen molar-refractivity contribution in [3.8, 4) is 17.6 Å². The van der Waals surface area contributed by atoms with E-state index in [1.165, 1.54) is 6.08 Å². The summed E-state index contributed by atoms with van der Waals surface area (Å²) < 4.78 is 12.6. The molecule has 40 heavy (non-hydrogen) atoms. The molecule has 1 saturated carbocycles. The number of dihydropyridines is 1. The van der Waals surface area contributed by atoms with Crippen molar-refractivity contribution in [2.24, 2.45) is 17.1 Å². The molecule has 0 bridgehead atoms. The normalized spacial score (nSPS) is 22.3. The molecule has 4 N–H and O–H groups in total. The van der Waals surface area contributed by atoms with Gasteiger partial charge in [-0.3, -0.25) is 14.4 Å². The van der Waals surface area contributed by atoms with Gasteiger partial charge in [0.05, 0.1) is 28.6 Å². The molecular weight excluding hydrogens is 578 g/mol. The monoisotopic (exact) mass is 611 g/mol. The summed E-state index contributed by atoms with van der Waals surface area (Å²) in [5.41, 5.74) is 7.40. The highest BCUT2D eigenvalue weighted by Gasteiger charge is 2.57. The maximum atomic E-state index is 13.5. The highest BCUT2D eigenvalue weighted by molar-refractivity contribution is 9.10. The van der Waals surface area contributed by atoms with Gasteiger partial charge in [-0.15, -0.1) is 0 Å². The second-order valence-corrected chi connectivity index (χ2v) is 11.5. The van der Waals surface area contributed by atoms with Crippen molar-refractivity contribution in [2.75, 3.05) is 6.61 Å². The van der Waals surface area contributed by atoms with Gasteiger partial charge in [0.1, 0.15) is 11.5 Å². The maximum Gasteiger partial charge on any atom is 0.313 e. The molecule has 3 atom stereocenters. The van der Waals surface area contributed by atoms with Crippen LogP contribution in [0.25, 0.3) is 0 Å². The quantitative estimate of drug-likeness (QED) is 0.295. The van der Waals surface area contributed by atoms with E-state index in [1.54, 1.807) is 12.1 Å². The van der Waals surface area contributed by atoms with Crippen molar-refractivity contribution in [1.82, 2.24) is 5.32 Å². The molecule has 10 heteroatoms. The van der Waals surface area contributed by atoms with Crippen LogP contribution in [0.5, 0.6) is 11.5 Å². The number of rotatable bonds is 11. The number of nitrogens with two attached hydrogens (primary N) is 1. The molecule has 1 aromatic rings. The summed E-state index contributed by atoms with van der Waals surface area (Å²) in [5, 5.41) is 23.3. The van der Waals surface area contributed by atoms with E-state index in [0.29, 0.717) is 51.9 Å². The molecule has 1 aliphatic heterocycles. The number of Topliss-reactive ketones (excluding diaryl/α,β-unsaturated/α-hetero) is 1. The van der Waals surface area contributed by atoms with E-state index in [-0.39, 0.29) is 24.1 Å². The largest absolute Gasteiger partial charge is 0.490 e. The first kappa shape index (κ1) is 29.4. The number of hydrogen-bond donors (Lipinski definition) is 3. The number of ketones is 1. The first-order chi connectivity index (χ1) is 19.1. The van der Waals surface area contributed by atoms with Gasteiger partial charge in [-0.25, -0.2) is 0 Å². The van der Waals surface area contributed by atoms with Crippen molar-refractivity contribution in [1.29, 1.82) is 5.26 Å². The van der Waals surface area contributed by atoms with Gasteiger partial charge in [-0.1, -0.05) is 13.3 Å². The number of nitrogens with zero attached hydrogens (tertiary/aromatic N) is 1. The Morgan fingerprint density at radius 2 is 2.05 bits per heavy atom. The van der Waals surface area contributed by atoms with E-state index in [4.69, 9.17) is 15.2 Å². The van der Waals surface area contributed by atoms with Gasteiger partial charge in [0.25, 0.3) is 0 Å². The standard InChI is InChI=1S/C30H34BrN3O6/c1-4-6-17-11-21-27(22(35)12-17)26(19(15-32)16(3)34-21)18-13-20(31)28(23(14-18)39-5-2)40-24(7-8-25(33)36)30(9-10-30)29(37)38/h7-8,13-14,17,24,26,34H,4-6,9-12H2,1-3H3,(H2,33,36)(H,37,38). The number of carboxylic acids is 1. The lowest BCUT2D eigenvalue weighted by Crippen LogP contribution is -2.34. The van der Waals surface area contributed by atoms with Gasteiger partial charge >= 0.3 is 5.97 Å². The Morgan fingerprint density at radius 1 is 1.32 bits per heavy atom. The van der Waals surface area contributed by atoms with Gasteiger partial charge in [-0.2, -0.15) is 5.26 Å². The van der Waals surface area contributed by atoms with Crippen LogP contribution in [-0.4, -0.2) is 35.5 Å². The summed E-state index contributed by atoms with van der Waals surface area (Å²) in [4.78, 5) is 37.0.